The lowest BCUT2D eigenvalue weighted by Gasteiger charge is -2.24. The van der Waals surface area contributed by atoms with Crippen molar-refractivity contribution in [2.75, 3.05) is 32.7 Å². The van der Waals surface area contributed by atoms with Crippen molar-refractivity contribution < 1.29 is 0 Å². The predicted molar refractivity (Wildman–Crippen MR) is 89.3 cm³/mol. The SMILES string of the molecule is CCN(CC)CCCN(CC)Cc1ccc(C#N)cc1C. The Bertz CT molecular complexity index is 458. The second-order valence-electron chi connectivity index (χ2n) is 5.50. The summed E-state index contributed by atoms with van der Waals surface area (Å²) in [6, 6.07) is 8.21. The van der Waals surface area contributed by atoms with Gasteiger partial charge in [-0.15, -0.1) is 0 Å². The second kappa shape index (κ2) is 9.55. The van der Waals surface area contributed by atoms with Crippen LogP contribution in [-0.2, 0) is 6.54 Å². The molecule has 1 aromatic rings. The van der Waals surface area contributed by atoms with Gasteiger partial charge in [0.2, 0.25) is 0 Å². The number of benzene rings is 1. The zero-order valence-electron chi connectivity index (χ0n) is 14.0. The molecule has 3 heteroatoms. The lowest BCUT2D eigenvalue weighted by atomic mass is 10.1. The van der Waals surface area contributed by atoms with E-state index in [1.54, 1.807) is 0 Å². The van der Waals surface area contributed by atoms with E-state index in [1.165, 1.54) is 24.1 Å². The Kier molecular flexibility index (Phi) is 8.04. The molecule has 1 rings (SSSR count). The monoisotopic (exact) mass is 287 g/mol. The second-order valence-corrected chi connectivity index (χ2v) is 5.50. The average Bonchev–Trinajstić information content (AvgIpc) is 2.51. The Hall–Kier alpha value is -1.37. The Labute approximate surface area is 130 Å². The topological polar surface area (TPSA) is 30.3 Å². The zero-order chi connectivity index (χ0) is 15.7. The third kappa shape index (κ3) is 5.87. The summed E-state index contributed by atoms with van der Waals surface area (Å²) in [6.07, 6.45) is 1.21. The molecule has 0 aliphatic heterocycles. The van der Waals surface area contributed by atoms with Crippen LogP contribution < -0.4 is 0 Å². The molecule has 3 nitrogen and oxygen atoms in total. The zero-order valence-corrected chi connectivity index (χ0v) is 14.0. The maximum atomic E-state index is 8.93. The van der Waals surface area contributed by atoms with Gasteiger partial charge in [-0.3, -0.25) is 4.90 Å². The van der Waals surface area contributed by atoms with E-state index in [2.05, 4.69) is 49.6 Å². The average molecular weight is 287 g/mol. The molecule has 0 aliphatic rings. The van der Waals surface area contributed by atoms with Gasteiger partial charge in [-0.2, -0.15) is 5.26 Å². The molecule has 21 heavy (non-hydrogen) atoms. The smallest absolute Gasteiger partial charge is 0.0991 e. The fourth-order valence-corrected chi connectivity index (χ4v) is 2.59. The van der Waals surface area contributed by atoms with Crippen molar-refractivity contribution in [2.24, 2.45) is 0 Å². The van der Waals surface area contributed by atoms with E-state index >= 15 is 0 Å². The molecule has 1 aromatic carbocycles. The first-order valence-corrected chi connectivity index (χ1v) is 8.08. The standard InChI is InChI=1S/C18H29N3/c1-5-20(6-2)11-8-12-21(7-3)15-18-10-9-17(14-19)13-16(18)4/h9-10,13H,5-8,11-12,15H2,1-4H3. The molecular weight excluding hydrogens is 258 g/mol. The van der Waals surface area contributed by atoms with Gasteiger partial charge in [0.25, 0.3) is 0 Å². The van der Waals surface area contributed by atoms with Crippen LogP contribution in [0.2, 0.25) is 0 Å². The van der Waals surface area contributed by atoms with Crippen LogP contribution in [0.3, 0.4) is 0 Å². The molecule has 0 spiro atoms. The molecule has 0 radical (unpaired) electrons. The number of hydrogen-bond acceptors (Lipinski definition) is 3. The summed E-state index contributed by atoms with van der Waals surface area (Å²) < 4.78 is 0. The summed E-state index contributed by atoms with van der Waals surface area (Å²) in [5, 5.41) is 8.93. The van der Waals surface area contributed by atoms with Crippen LogP contribution in [0.5, 0.6) is 0 Å². The number of nitrogens with zero attached hydrogens (tertiary/aromatic N) is 3. The number of aryl methyl sites for hydroxylation is 1. The minimum Gasteiger partial charge on any atom is -0.304 e. The summed E-state index contributed by atoms with van der Waals surface area (Å²) in [5.41, 5.74) is 3.30. The first kappa shape index (κ1) is 17.7. The first-order valence-electron chi connectivity index (χ1n) is 8.08. The fraction of sp³-hybridized carbons (Fsp3) is 0.611. The molecule has 0 fully saturated rings. The van der Waals surface area contributed by atoms with E-state index in [9.17, 15) is 0 Å². The van der Waals surface area contributed by atoms with Crippen molar-refractivity contribution >= 4 is 0 Å². The lowest BCUT2D eigenvalue weighted by Crippen LogP contribution is -2.30. The maximum Gasteiger partial charge on any atom is 0.0991 e. The van der Waals surface area contributed by atoms with Gasteiger partial charge in [-0.1, -0.05) is 26.8 Å². The number of hydrogen-bond donors (Lipinski definition) is 0. The number of rotatable bonds is 9. The number of nitriles is 1. The van der Waals surface area contributed by atoms with Crippen LogP contribution in [0.15, 0.2) is 18.2 Å². The third-order valence-electron chi connectivity index (χ3n) is 4.16. The largest absolute Gasteiger partial charge is 0.304 e. The molecule has 0 saturated carbocycles. The van der Waals surface area contributed by atoms with E-state index in [0.717, 1.165) is 38.3 Å². The van der Waals surface area contributed by atoms with Gasteiger partial charge in [-0.25, -0.2) is 0 Å². The minimum absolute atomic E-state index is 0.751. The van der Waals surface area contributed by atoms with Crippen LogP contribution in [0, 0.1) is 18.3 Å². The summed E-state index contributed by atoms with van der Waals surface area (Å²) in [6.45, 7) is 15.4. The Balaban J connectivity index is 2.52. The van der Waals surface area contributed by atoms with Crippen molar-refractivity contribution in [3.8, 4) is 6.07 Å². The van der Waals surface area contributed by atoms with Crippen molar-refractivity contribution in [3.63, 3.8) is 0 Å². The summed E-state index contributed by atoms with van der Waals surface area (Å²) in [5.74, 6) is 0. The Morgan fingerprint density at radius 2 is 1.62 bits per heavy atom. The maximum absolute atomic E-state index is 8.93. The van der Waals surface area contributed by atoms with Gasteiger partial charge < -0.3 is 4.90 Å². The third-order valence-corrected chi connectivity index (χ3v) is 4.16. The van der Waals surface area contributed by atoms with E-state index in [0.29, 0.717) is 0 Å². The molecule has 0 N–H and O–H groups in total. The van der Waals surface area contributed by atoms with Gasteiger partial charge in [0.05, 0.1) is 11.6 Å². The molecule has 0 unspecified atom stereocenters. The molecule has 0 atom stereocenters. The molecule has 116 valence electrons. The molecule has 0 amide bonds. The predicted octanol–water partition coefficient (Wildman–Crippen LogP) is 3.42. The summed E-state index contributed by atoms with van der Waals surface area (Å²) >= 11 is 0. The Morgan fingerprint density at radius 1 is 1.00 bits per heavy atom. The first-order chi connectivity index (χ1) is 10.1. The van der Waals surface area contributed by atoms with Crippen molar-refractivity contribution in [1.82, 2.24) is 9.80 Å². The fourth-order valence-electron chi connectivity index (χ4n) is 2.59. The lowest BCUT2D eigenvalue weighted by molar-refractivity contribution is 0.238. The Morgan fingerprint density at radius 3 is 2.14 bits per heavy atom. The van der Waals surface area contributed by atoms with E-state index in [4.69, 9.17) is 5.26 Å². The molecule has 0 saturated heterocycles. The summed E-state index contributed by atoms with van der Waals surface area (Å²) in [7, 11) is 0. The van der Waals surface area contributed by atoms with Crippen molar-refractivity contribution in [3.05, 3.63) is 34.9 Å². The quantitative estimate of drug-likeness (QED) is 0.697. The van der Waals surface area contributed by atoms with Crippen LogP contribution in [0.1, 0.15) is 43.9 Å². The molecule has 0 aliphatic carbocycles. The normalized spacial score (nSPS) is 11.1. The highest BCUT2D eigenvalue weighted by Crippen LogP contribution is 2.13. The van der Waals surface area contributed by atoms with Crippen LogP contribution in [0.25, 0.3) is 0 Å². The van der Waals surface area contributed by atoms with Gasteiger partial charge in [-0.05, 0) is 69.3 Å². The highest BCUT2D eigenvalue weighted by atomic mass is 15.1. The van der Waals surface area contributed by atoms with Crippen molar-refractivity contribution in [2.45, 2.75) is 40.7 Å². The van der Waals surface area contributed by atoms with Crippen molar-refractivity contribution in [1.29, 1.82) is 5.26 Å². The molecule has 0 aromatic heterocycles. The van der Waals surface area contributed by atoms with Crippen LogP contribution in [0.4, 0.5) is 0 Å². The van der Waals surface area contributed by atoms with Crippen LogP contribution in [-0.4, -0.2) is 42.5 Å². The van der Waals surface area contributed by atoms with Gasteiger partial charge in [0.15, 0.2) is 0 Å². The van der Waals surface area contributed by atoms with E-state index in [1.807, 2.05) is 12.1 Å². The highest BCUT2D eigenvalue weighted by Gasteiger charge is 2.07. The molecule has 0 bridgehead atoms. The van der Waals surface area contributed by atoms with E-state index in [-0.39, 0.29) is 0 Å². The summed E-state index contributed by atoms with van der Waals surface area (Å²) in [4.78, 5) is 4.96. The molecule has 0 heterocycles. The van der Waals surface area contributed by atoms with Gasteiger partial charge in [0, 0.05) is 6.54 Å². The van der Waals surface area contributed by atoms with Crippen LogP contribution >= 0.6 is 0 Å². The molecular formula is C18H29N3. The van der Waals surface area contributed by atoms with E-state index < -0.39 is 0 Å². The van der Waals surface area contributed by atoms with Gasteiger partial charge in [0.1, 0.15) is 0 Å². The minimum atomic E-state index is 0.751. The highest BCUT2D eigenvalue weighted by molar-refractivity contribution is 5.37. The van der Waals surface area contributed by atoms with Gasteiger partial charge >= 0.3 is 0 Å².